The van der Waals surface area contributed by atoms with E-state index in [0.29, 0.717) is 25.7 Å². The predicted octanol–water partition coefficient (Wildman–Crippen LogP) is 15.6. The molecule has 1 aliphatic rings. The number of carboxylic acid groups (broad SMARTS) is 1. The zero-order valence-electron chi connectivity index (χ0n) is 48.5. The van der Waals surface area contributed by atoms with Crippen LogP contribution in [0.25, 0.3) is 0 Å². The van der Waals surface area contributed by atoms with Crippen molar-refractivity contribution < 1.29 is 58.2 Å². The summed E-state index contributed by atoms with van der Waals surface area (Å²) >= 11 is 0. The fraction of sp³-hybridized carbons (Fsp3) is 0.582. The van der Waals surface area contributed by atoms with Crippen LogP contribution < -0.4 is 0 Å². The first kappa shape index (κ1) is 71.6. The van der Waals surface area contributed by atoms with Gasteiger partial charge in [0.2, 0.25) is 0 Å². The second-order valence-corrected chi connectivity index (χ2v) is 19.5. The number of carbonyl (C=O) groups excluding carboxylic acids is 3. The van der Waals surface area contributed by atoms with E-state index in [2.05, 4.69) is 154 Å². The molecule has 1 fully saturated rings. The monoisotopic (exact) mass is 1100 g/mol. The molecule has 0 aromatic heterocycles. The van der Waals surface area contributed by atoms with Gasteiger partial charge in [-0.25, -0.2) is 4.79 Å². The first-order valence-corrected chi connectivity index (χ1v) is 29.8. The number of hydrogen-bond donors (Lipinski definition) is 3. The van der Waals surface area contributed by atoms with Crippen molar-refractivity contribution in [2.75, 3.05) is 13.2 Å². The number of allylic oxidation sites excluding steroid dienone is 24. The quantitative estimate of drug-likeness (QED) is 0.0228. The zero-order valence-corrected chi connectivity index (χ0v) is 48.5. The van der Waals surface area contributed by atoms with E-state index in [4.69, 9.17) is 23.7 Å². The van der Waals surface area contributed by atoms with E-state index < -0.39 is 67.3 Å². The standard InChI is InChI=1S/C67H102O12/c1-4-7-10-13-16-19-22-25-28-29-30-31-34-35-38-41-44-47-50-53-59(68)75-56-58(77-60(69)54-51-48-45-42-39-36-32-26-23-20-17-14-11-8-5-2)57-76-67-65(63(72)62(71)64(79-67)66(73)74)78-61(70)55-52-49-46-43-40-37-33-27-24-21-18-15-12-9-6-3/h7-8,10-11,16-21,25-28,30-33,35,38-39,42,44,47,58,62-65,67,71-72H,4-6,9,12-15,22-24,29,34,36-37,40-41,43,45-46,48-57H2,1-3H3,(H,73,74)/b10-7-,11-8-,19-16-,20-17-,21-18-,28-25-,31-30-,32-26-,33-27-,38-35-,42-39-,47-44-. The number of ether oxygens (including phenoxy) is 5. The molecule has 6 atom stereocenters. The molecule has 12 heteroatoms. The van der Waals surface area contributed by atoms with E-state index in [1.165, 1.54) is 19.3 Å². The Morgan fingerprint density at radius 2 is 0.823 bits per heavy atom. The lowest BCUT2D eigenvalue weighted by atomic mass is 9.98. The molecule has 1 aliphatic heterocycles. The molecule has 12 nitrogen and oxygen atoms in total. The molecule has 1 rings (SSSR count). The fourth-order valence-electron chi connectivity index (χ4n) is 7.88. The number of aliphatic carboxylic acids is 1. The van der Waals surface area contributed by atoms with Crippen LogP contribution in [0.1, 0.15) is 201 Å². The van der Waals surface area contributed by atoms with Crippen LogP contribution in [0.15, 0.2) is 146 Å². The summed E-state index contributed by atoms with van der Waals surface area (Å²) < 4.78 is 28.3. The molecule has 1 heterocycles. The van der Waals surface area contributed by atoms with Crippen LogP contribution in [-0.2, 0) is 42.9 Å². The SMILES string of the molecule is CC/C=C\C/C=C\C/C=C\C/C=C\C/C=C\C/C=C\CCC(=O)OCC(COC1OC(C(=O)O)C(O)C(O)C1OC(=O)CCCCCCC/C=C\C/C=C\CCCCC)OC(=O)CCCC/C=C\C/C=C\C/C=C\C/C=C\CC. The molecule has 0 aromatic carbocycles. The molecule has 442 valence electrons. The Balaban J connectivity index is 2.79. The fourth-order valence-corrected chi connectivity index (χ4v) is 7.88. The van der Waals surface area contributed by atoms with Gasteiger partial charge in [-0.3, -0.25) is 14.4 Å². The minimum atomic E-state index is -1.93. The number of hydrogen-bond acceptors (Lipinski definition) is 11. The van der Waals surface area contributed by atoms with E-state index in [-0.39, 0.29) is 25.9 Å². The van der Waals surface area contributed by atoms with Crippen LogP contribution >= 0.6 is 0 Å². The Labute approximate surface area is 476 Å². The Morgan fingerprint density at radius 1 is 0.430 bits per heavy atom. The molecular formula is C67H102O12. The Morgan fingerprint density at radius 3 is 1.29 bits per heavy atom. The zero-order chi connectivity index (χ0) is 57.5. The summed E-state index contributed by atoms with van der Waals surface area (Å²) in [6, 6.07) is 0. The first-order valence-electron chi connectivity index (χ1n) is 29.8. The van der Waals surface area contributed by atoms with Gasteiger partial charge in [-0.05, 0) is 128 Å². The van der Waals surface area contributed by atoms with Crippen LogP contribution in [0, 0.1) is 0 Å². The van der Waals surface area contributed by atoms with Gasteiger partial charge in [0.1, 0.15) is 18.8 Å². The average Bonchev–Trinajstić information content (AvgIpc) is 3.46. The Hall–Kier alpha value is -5.40. The van der Waals surface area contributed by atoms with Gasteiger partial charge in [-0.2, -0.15) is 0 Å². The maximum Gasteiger partial charge on any atom is 0.335 e. The molecule has 1 saturated heterocycles. The number of esters is 3. The number of aliphatic hydroxyl groups is 2. The number of aliphatic hydroxyl groups excluding tert-OH is 2. The molecule has 3 N–H and O–H groups in total. The third-order valence-electron chi connectivity index (χ3n) is 12.4. The second kappa shape index (κ2) is 53.3. The highest BCUT2D eigenvalue weighted by Gasteiger charge is 2.50. The molecule has 0 aromatic rings. The summed E-state index contributed by atoms with van der Waals surface area (Å²) in [6.07, 6.45) is 64.0. The van der Waals surface area contributed by atoms with Gasteiger partial charge in [0.25, 0.3) is 0 Å². The lowest BCUT2D eigenvalue weighted by Crippen LogP contribution is -2.61. The van der Waals surface area contributed by atoms with E-state index in [1.807, 2.05) is 12.2 Å². The summed E-state index contributed by atoms with van der Waals surface area (Å²) in [4.78, 5) is 51.1. The number of carboxylic acids is 1. The summed E-state index contributed by atoms with van der Waals surface area (Å²) in [5.41, 5.74) is 0. The van der Waals surface area contributed by atoms with Gasteiger partial charge in [-0.15, -0.1) is 0 Å². The Kier molecular flexibility index (Phi) is 48.3. The molecule has 0 saturated carbocycles. The van der Waals surface area contributed by atoms with Gasteiger partial charge < -0.3 is 39.0 Å². The van der Waals surface area contributed by atoms with Gasteiger partial charge in [-0.1, -0.05) is 199 Å². The predicted molar refractivity (Wildman–Crippen MR) is 321 cm³/mol. The van der Waals surface area contributed by atoms with Crippen molar-refractivity contribution in [3.05, 3.63) is 146 Å². The largest absolute Gasteiger partial charge is 0.479 e. The third kappa shape index (κ3) is 43.1. The highest BCUT2D eigenvalue weighted by Crippen LogP contribution is 2.26. The molecule has 0 spiro atoms. The van der Waals surface area contributed by atoms with Gasteiger partial charge in [0.05, 0.1) is 6.61 Å². The van der Waals surface area contributed by atoms with Gasteiger partial charge >= 0.3 is 23.9 Å². The molecule has 6 unspecified atom stereocenters. The molecule has 0 bridgehead atoms. The highest BCUT2D eigenvalue weighted by atomic mass is 16.7. The number of rotatable bonds is 48. The van der Waals surface area contributed by atoms with Crippen molar-refractivity contribution in [3.63, 3.8) is 0 Å². The topological polar surface area (TPSA) is 175 Å². The maximum atomic E-state index is 13.1. The van der Waals surface area contributed by atoms with Gasteiger partial charge in [0.15, 0.2) is 24.6 Å². The Bertz CT molecular complexity index is 1930. The molecule has 0 aliphatic carbocycles. The summed E-state index contributed by atoms with van der Waals surface area (Å²) in [6.45, 7) is 5.61. The third-order valence-corrected chi connectivity index (χ3v) is 12.4. The highest BCUT2D eigenvalue weighted by molar-refractivity contribution is 5.74. The van der Waals surface area contributed by atoms with Crippen LogP contribution in [0.2, 0.25) is 0 Å². The van der Waals surface area contributed by atoms with Crippen molar-refractivity contribution in [1.29, 1.82) is 0 Å². The molecule has 0 radical (unpaired) electrons. The maximum absolute atomic E-state index is 13.1. The van der Waals surface area contributed by atoms with E-state index in [1.54, 1.807) is 0 Å². The van der Waals surface area contributed by atoms with Crippen molar-refractivity contribution in [1.82, 2.24) is 0 Å². The lowest BCUT2D eigenvalue weighted by Gasteiger charge is -2.40. The van der Waals surface area contributed by atoms with E-state index >= 15 is 0 Å². The van der Waals surface area contributed by atoms with Crippen LogP contribution in [0.4, 0.5) is 0 Å². The molecular weight excluding hydrogens is 997 g/mol. The molecule has 0 amide bonds. The van der Waals surface area contributed by atoms with Gasteiger partial charge in [0, 0.05) is 19.3 Å². The average molecular weight is 1100 g/mol. The normalized spacial score (nSPS) is 18.9. The van der Waals surface area contributed by atoms with Crippen LogP contribution in [0.5, 0.6) is 0 Å². The number of unbranched alkanes of at least 4 members (excludes halogenated alkanes) is 10. The molecule has 79 heavy (non-hydrogen) atoms. The lowest BCUT2D eigenvalue weighted by molar-refractivity contribution is -0.301. The second-order valence-electron chi connectivity index (χ2n) is 19.5. The van der Waals surface area contributed by atoms with E-state index in [9.17, 15) is 34.5 Å². The van der Waals surface area contributed by atoms with Crippen molar-refractivity contribution in [2.24, 2.45) is 0 Å². The summed E-state index contributed by atoms with van der Waals surface area (Å²) in [5, 5.41) is 31.5. The minimum Gasteiger partial charge on any atom is -0.479 e. The van der Waals surface area contributed by atoms with Crippen molar-refractivity contribution in [2.45, 2.75) is 237 Å². The minimum absolute atomic E-state index is 0.0237. The van der Waals surface area contributed by atoms with Crippen LogP contribution in [0.3, 0.4) is 0 Å². The van der Waals surface area contributed by atoms with Crippen molar-refractivity contribution in [3.8, 4) is 0 Å². The van der Waals surface area contributed by atoms with Crippen LogP contribution in [-0.4, -0.2) is 89.2 Å². The van der Waals surface area contributed by atoms with Crippen molar-refractivity contribution >= 4 is 23.9 Å². The van der Waals surface area contributed by atoms with E-state index in [0.717, 1.165) is 116 Å². The summed E-state index contributed by atoms with van der Waals surface area (Å²) in [5.74, 6) is -3.33. The summed E-state index contributed by atoms with van der Waals surface area (Å²) in [7, 11) is 0. The smallest absolute Gasteiger partial charge is 0.335 e. The first-order chi connectivity index (χ1) is 38.6. The number of carbonyl (C=O) groups is 4.